The maximum absolute atomic E-state index is 10.8. The zero-order chi connectivity index (χ0) is 9.68. The lowest BCUT2D eigenvalue weighted by molar-refractivity contribution is -0.118. The highest BCUT2D eigenvalue weighted by Crippen LogP contribution is 2.01. The highest BCUT2D eigenvalue weighted by atomic mass is 35.5. The molecule has 0 atom stereocenters. The van der Waals surface area contributed by atoms with E-state index in [1.807, 2.05) is 19.1 Å². The lowest BCUT2D eigenvalue weighted by atomic mass is 10.2. The van der Waals surface area contributed by atoms with E-state index >= 15 is 0 Å². The molecule has 0 radical (unpaired) electrons. The summed E-state index contributed by atoms with van der Waals surface area (Å²) >= 11 is 5.33. The van der Waals surface area contributed by atoms with Gasteiger partial charge < -0.3 is 5.32 Å². The van der Waals surface area contributed by atoms with E-state index in [1.54, 1.807) is 6.20 Å². The van der Waals surface area contributed by atoms with Crippen LogP contribution in [0.15, 0.2) is 18.3 Å². The molecule has 0 bridgehead atoms. The molecular formula is C9H11ClN2O. The van der Waals surface area contributed by atoms with Crippen molar-refractivity contribution in [3.8, 4) is 0 Å². The van der Waals surface area contributed by atoms with Gasteiger partial charge in [0, 0.05) is 6.20 Å². The quantitative estimate of drug-likeness (QED) is 0.743. The summed E-state index contributed by atoms with van der Waals surface area (Å²) in [7, 11) is 0. The number of hydrogen-bond donors (Lipinski definition) is 1. The summed E-state index contributed by atoms with van der Waals surface area (Å²) < 4.78 is 0. The third-order valence-electron chi connectivity index (χ3n) is 1.69. The van der Waals surface area contributed by atoms with Crippen LogP contribution in [0, 0.1) is 6.92 Å². The van der Waals surface area contributed by atoms with E-state index in [1.165, 1.54) is 0 Å². The topological polar surface area (TPSA) is 42.0 Å². The fourth-order valence-electron chi connectivity index (χ4n) is 0.933. The molecule has 13 heavy (non-hydrogen) atoms. The molecule has 0 fully saturated rings. The van der Waals surface area contributed by atoms with E-state index in [4.69, 9.17) is 11.6 Å². The van der Waals surface area contributed by atoms with Gasteiger partial charge in [-0.3, -0.25) is 9.78 Å². The molecule has 0 aromatic carbocycles. The SMILES string of the molecule is Cc1cccnc1CNC(=O)CCl. The van der Waals surface area contributed by atoms with Crippen molar-refractivity contribution >= 4 is 17.5 Å². The molecular weight excluding hydrogens is 188 g/mol. The molecule has 0 unspecified atom stereocenters. The monoisotopic (exact) mass is 198 g/mol. The van der Waals surface area contributed by atoms with Crippen molar-refractivity contribution in [2.24, 2.45) is 0 Å². The average Bonchev–Trinajstić information content (AvgIpc) is 2.16. The molecule has 3 nitrogen and oxygen atoms in total. The predicted octanol–water partition coefficient (Wildman–Crippen LogP) is 1.25. The van der Waals surface area contributed by atoms with Gasteiger partial charge in [0.25, 0.3) is 0 Å². The van der Waals surface area contributed by atoms with E-state index in [0.29, 0.717) is 6.54 Å². The van der Waals surface area contributed by atoms with E-state index in [9.17, 15) is 4.79 Å². The second-order valence-corrected chi connectivity index (χ2v) is 2.94. The van der Waals surface area contributed by atoms with Crippen LogP contribution in [0.1, 0.15) is 11.3 Å². The van der Waals surface area contributed by atoms with Gasteiger partial charge in [-0.1, -0.05) is 6.07 Å². The summed E-state index contributed by atoms with van der Waals surface area (Å²) in [6, 6.07) is 3.82. The average molecular weight is 199 g/mol. The largest absolute Gasteiger partial charge is 0.349 e. The summed E-state index contributed by atoms with van der Waals surface area (Å²) in [4.78, 5) is 15.0. The lowest BCUT2D eigenvalue weighted by Gasteiger charge is -2.04. The first-order valence-electron chi connectivity index (χ1n) is 3.97. The van der Waals surface area contributed by atoms with E-state index in [-0.39, 0.29) is 11.8 Å². The first-order valence-corrected chi connectivity index (χ1v) is 4.50. The molecule has 0 aliphatic rings. The molecule has 1 heterocycles. The third kappa shape index (κ3) is 3.03. The van der Waals surface area contributed by atoms with Crippen LogP contribution in [0.3, 0.4) is 0 Å². The number of aromatic nitrogens is 1. The molecule has 1 amide bonds. The summed E-state index contributed by atoms with van der Waals surface area (Å²) in [5.41, 5.74) is 1.94. The predicted molar refractivity (Wildman–Crippen MR) is 51.5 cm³/mol. The molecule has 0 saturated carbocycles. The number of halogens is 1. The van der Waals surface area contributed by atoms with Gasteiger partial charge in [-0.05, 0) is 18.6 Å². The molecule has 1 aromatic heterocycles. The minimum absolute atomic E-state index is 0.00805. The minimum Gasteiger partial charge on any atom is -0.349 e. The minimum atomic E-state index is -0.174. The number of nitrogens with zero attached hydrogens (tertiary/aromatic N) is 1. The normalized spacial score (nSPS) is 9.69. The molecule has 0 spiro atoms. The second kappa shape index (κ2) is 4.82. The van der Waals surface area contributed by atoms with Gasteiger partial charge in [0.2, 0.25) is 5.91 Å². The van der Waals surface area contributed by atoms with Crippen molar-refractivity contribution in [3.63, 3.8) is 0 Å². The summed E-state index contributed by atoms with van der Waals surface area (Å²) in [5, 5.41) is 2.66. The maximum Gasteiger partial charge on any atom is 0.235 e. The Morgan fingerprint density at radius 2 is 2.46 bits per heavy atom. The highest BCUT2D eigenvalue weighted by Gasteiger charge is 2.01. The fraction of sp³-hybridized carbons (Fsp3) is 0.333. The lowest BCUT2D eigenvalue weighted by Crippen LogP contribution is -2.24. The zero-order valence-electron chi connectivity index (χ0n) is 7.38. The van der Waals surface area contributed by atoms with Gasteiger partial charge in [0.15, 0.2) is 0 Å². The van der Waals surface area contributed by atoms with Gasteiger partial charge in [-0.2, -0.15) is 0 Å². The number of aryl methyl sites for hydroxylation is 1. The van der Waals surface area contributed by atoms with Crippen LogP contribution < -0.4 is 5.32 Å². The number of pyridine rings is 1. The number of alkyl halides is 1. The van der Waals surface area contributed by atoms with Crippen LogP contribution in [-0.4, -0.2) is 16.8 Å². The Bertz CT molecular complexity index is 301. The van der Waals surface area contributed by atoms with Gasteiger partial charge in [-0.25, -0.2) is 0 Å². The van der Waals surface area contributed by atoms with Crippen molar-refractivity contribution in [2.45, 2.75) is 13.5 Å². The van der Waals surface area contributed by atoms with Crippen molar-refractivity contribution in [3.05, 3.63) is 29.6 Å². The van der Waals surface area contributed by atoms with Crippen LogP contribution >= 0.6 is 11.6 Å². The van der Waals surface area contributed by atoms with Crippen molar-refractivity contribution in [2.75, 3.05) is 5.88 Å². The fourth-order valence-corrected chi connectivity index (χ4v) is 1.03. The molecule has 1 N–H and O–H groups in total. The van der Waals surface area contributed by atoms with Crippen LogP contribution in [0.25, 0.3) is 0 Å². The van der Waals surface area contributed by atoms with Gasteiger partial charge in [0.1, 0.15) is 5.88 Å². The number of rotatable bonds is 3. The van der Waals surface area contributed by atoms with Gasteiger partial charge in [0.05, 0.1) is 12.2 Å². The third-order valence-corrected chi connectivity index (χ3v) is 1.93. The van der Waals surface area contributed by atoms with Crippen molar-refractivity contribution < 1.29 is 4.79 Å². The molecule has 1 aromatic rings. The Hall–Kier alpha value is -1.09. The van der Waals surface area contributed by atoms with Crippen molar-refractivity contribution in [1.82, 2.24) is 10.3 Å². The van der Waals surface area contributed by atoms with Crippen LogP contribution in [0.2, 0.25) is 0 Å². The first-order chi connectivity index (χ1) is 6.24. The summed E-state index contributed by atoms with van der Waals surface area (Å²) in [6.07, 6.45) is 1.70. The number of nitrogens with one attached hydrogen (secondary N) is 1. The summed E-state index contributed by atoms with van der Waals surface area (Å²) in [5.74, 6) is -0.182. The molecule has 1 rings (SSSR count). The van der Waals surface area contributed by atoms with Crippen LogP contribution in [-0.2, 0) is 11.3 Å². The zero-order valence-corrected chi connectivity index (χ0v) is 8.14. The van der Waals surface area contributed by atoms with Crippen LogP contribution in [0.4, 0.5) is 0 Å². The Labute approximate surface area is 82.1 Å². The molecule has 4 heteroatoms. The molecule has 0 saturated heterocycles. The molecule has 70 valence electrons. The van der Waals surface area contributed by atoms with Crippen molar-refractivity contribution in [1.29, 1.82) is 0 Å². The highest BCUT2D eigenvalue weighted by molar-refractivity contribution is 6.27. The van der Waals surface area contributed by atoms with Gasteiger partial charge >= 0.3 is 0 Å². The smallest absolute Gasteiger partial charge is 0.235 e. The number of amides is 1. The number of carbonyl (C=O) groups is 1. The first kappa shape index (κ1) is 9.99. The van der Waals surface area contributed by atoms with E-state index in [2.05, 4.69) is 10.3 Å². The standard InChI is InChI=1S/C9H11ClN2O/c1-7-3-2-4-11-8(7)6-12-9(13)5-10/h2-4H,5-6H2,1H3,(H,12,13). The summed E-state index contributed by atoms with van der Waals surface area (Å²) in [6.45, 7) is 2.40. The van der Waals surface area contributed by atoms with Gasteiger partial charge in [-0.15, -0.1) is 11.6 Å². The number of hydrogen-bond acceptors (Lipinski definition) is 2. The Morgan fingerprint density at radius 3 is 3.08 bits per heavy atom. The van der Waals surface area contributed by atoms with E-state index in [0.717, 1.165) is 11.3 Å². The second-order valence-electron chi connectivity index (χ2n) is 2.68. The van der Waals surface area contributed by atoms with Crippen LogP contribution in [0.5, 0.6) is 0 Å². The Morgan fingerprint density at radius 1 is 1.69 bits per heavy atom. The Balaban J connectivity index is 2.54. The maximum atomic E-state index is 10.8. The number of carbonyl (C=O) groups excluding carboxylic acids is 1. The Kier molecular flexibility index (Phi) is 3.71. The molecule has 0 aliphatic carbocycles. The van der Waals surface area contributed by atoms with E-state index < -0.39 is 0 Å². The molecule has 0 aliphatic heterocycles.